The fraction of sp³-hybridized carbons (Fsp3) is 0.455. The molecule has 2 atom stereocenters. The van der Waals surface area contributed by atoms with E-state index in [2.05, 4.69) is 5.32 Å². The lowest BCUT2D eigenvalue weighted by Crippen LogP contribution is -2.35. The van der Waals surface area contributed by atoms with Gasteiger partial charge in [0, 0.05) is 5.02 Å². The first kappa shape index (κ1) is 12.8. The molecule has 1 aliphatic rings. The Morgan fingerprint density at radius 3 is 2.73 bits per heavy atom. The van der Waals surface area contributed by atoms with Gasteiger partial charge in [-0.15, -0.1) is 12.4 Å². The van der Waals surface area contributed by atoms with Gasteiger partial charge in [-0.05, 0) is 31.0 Å². The van der Waals surface area contributed by atoms with Gasteiger partial charge in [-0.3, -0.25) is 0 Å². The van der Waals surface area contributed by atoms with E-state index >= 15 is 0 Å². The van der Waals surface area contributed by atoms with Gasteiger partial charge in [0.1, 0.15) is 6.17 Å². The van der Waals surface area contributed by atoms with Crippen LogP contribution in [-0.4, -0.2) is 12.7 Å². The van der Waals surface area contributed by atoms with Crippen molar-refractivity contribution in [2.24, 2.45) is 0 Å². The Morgan fingerprint density at radius 1 is 1.33 bits per heavy atom. The molecular weight excluding hydrogens is 236 g/mol. The van der Waals surface area contributed by atoms with Crippen LogP contribution in [0.4, 0.5) is 4.39 Å². The molecule has 0 bridgehead atoms. The minimum atomic E-state index is -0.816. The Kier molecular flexibility index (Phi) is 4.84. The lowest BCUT2D eigenvalue weighted by molar-refractivity contribution is 0.201. The molecule has 0 aliphatic carbocycles. The summed E-state index contributed by atoms with van der Waals surface area (Å²) in [7, 11) is 0. The van der Waals surface area contributed by atoms with Crippen LogP contribution in [0.15, 0.2) is 24.3 Å². The molecule has 0 aromatic heterocycles. The molecule has 1 aromatic carbocycles. The second-order valence-corrected chi connectivity index (χ2v) is 4.02. The van der Waals surface area contributed by atoms with Gasteiger partial charge in [-0.1, -0.05) is 29.8 Å². The highest BCUT2D eigenvalue weighted by Crippen LogP contribution is 2.30. The summed E-state index contributed by atoms with van der Waals surface area (Å²) >= 11 is 6.02. The zero-order valence-electron chi connectivity index (χ0n) is 8.25. The minimum absolute atomic E-state index is 0. The van der Waals surface area contributed by atoms with Crippen molar-refractivity contribution in [2.75, 3.05) is 6.54 Å². The summed E-state index contributed by atoms with van der Waals surface area (Å²) in [6.45, 7) is 0.871. The van der Waals surface area contributed by atoms with Crippen molar-refractivity contribution in [3.8, 4) is 0 Å². The van der Waals surface area contributed by atoms with Crippen LogP contribution >= 0.6 is 24.0 Å². The van der Waals surface area contributed by atoms with Gasteiger partial charge in [0.25, 0.3) is 0 Å². The molecule has 84 valence electrons. The Hall–Kier alpha value is -0.310. The molecule has 1 saturated heterocycles. The molecule has 2 unspecified atom stereocenters. The maximum Gasteiger partial charge on any atom is 0.120 e. The maximum atomic E-state index is 13.6. The van der Waals surface area contributed by atoms with E-state index in [1.54, 1.807) is 6.07 Å². The van der Waals surface area contributed by atoms with E-state index < -0.39 is 6.17 Å². The number of rotatable bonds is 1. The maximum absolute atomic E-state index is 13.6. The van der Waals surface area contributed by atoms with Crippen LogP contribution in [0.25, 0.3) is 0 Å². The van der Waals surface area contributed by atoms with Gasteiger partial charge >= 0.3 is 0 Å². The SMILES string of the molecule is Cl.FC1CCCNC1c1ccccc1Cl. The molecule has 15 heavy (non-hydrogen) atoms. The van der Waals surface area contributed by atoms with E-state index in [4.69, 9.17) is 11.6 Å². The largest absolute Gasteiger partial charge is 0.307 e. The quantitative estimate of drug-likeness (QED) is 0.804. The van der Waals surface area contributed by atoms with Gasteiger partial charge in [0.15, 0.2) is 0 Å². The second-order valence-electron chi connectivity index (χ2n) is 3.61. The average Bonchev–Trinajstić information content (AvgIpc) is 2.20. The lowest BCUT2D eigenvalue weighted by Gasteiger charge is -2.28. The first-order valence-corrected chi connectivity index (χ1v) is 5.29. The van der Waals surface area contributed by atoms with E-state index in [0.717, 1.165) is 18.5 Å². The van der Waals surface area contributed by atoms with Crippen LogP contribution in [-0.2, 0) is 0 Å². The number of hydrogen-bond donors (Lipinski definition) is 1. The Morgan fingerprint density at radius 2 is 2.07 bits per heavy atom. The van der Waals surface area contributed by atoms with E-state index in [9.17, 15) is 4.39 Å². The summed E-state index contributed by atoms with van der Waals surface area (Å²) in [5.74, 6) is 0. The molecule has 0 amide bonds. The number of piperidine rings is 1. The molecule has 1 heterocycles. The standard InChI is InChI=1S/C11H13ClFN.ClH/c12-9-5-2-1-4-8(9)11-10(13)6-3-7-14-11;/h1-2,4-5,10-11,14H,3,6-7H2;1H. The van der Waals surface area contributed by atoms with Crippen molar-refractivity contribution in [2.45, 2.75) is 25.1 Å². The van der Waals surface area contributed by atoms with Crippen molar-refractivity contribution in [1.82, 2.24) is 5.32 Å². The van der Waals surface area contributed by atoms with Crippen molar-refractivity contribution >= 4 is 24.0 Å². The highest BCUT2D eigenvalue weighted by Gasteiger charge is 2.26. The molecule has 1 aromatic rings. The van der Waals surface area contributed by atoms with Crippen LogP contribution in [0, 0.1) is 0 Å². The smallest absolute Gasteiger partial charge is 0.120 e. The van der Waals surface area contributed by atoms with Crippen molar-refractivity contribution in [1.29, 1.82) is 0 Å². The molecule has 1 nitrogen and oxygen atoms in total. The zero-order chi connectivity index (χ0) is 9.97. The Balaban J connectivity index is 0.00000112. The van der Waals surface area contributed by atoms with E-state index in [0.29, 0.717) is 11.4 Å². The van der Waals surface area contributed by atoms with Gasteiger partial charge in [-0.25, -0.2) is 4.39 Å². The molecule has 0 saturated carbocycles. The number of hydrogen-bond acceptors (Lipinski definition) is 1. The van der Waals surface area contributed by atoms with E-state index in [1.165, 1.54) is 0 Å². The van der Waals surface area contributed by atoms with Crippen LogP contribution < -0.4 is 5.32 Å². The second kappa shape index (κ2) is 5.69. The summed E-state index contributed by atoms with van der Waals surface area (Å²) in [6, 6.07) is 7.22. The summed E-state index contributed by atoms with van der Waals surface area (Å²) < 4.78 is 13.6. The third-order valence-electron chi connectivity index (χ3n) is 2.62. The van der Waals surface area contributed by atoms with Gasteiger partial charge < -0.3 is 5.32 Å². The number of benzene rings is 1. The number of alkyl halides is 1. The zero-order valence-corrected chi connectivity index (χ0v) is 9.82. The average molecular weight is 250 g/mol. The van der Waals surface area contributed by atoms with Gasteiger partial charge in [0.2, 0.25) is 0 Å². The van der Waals surface area contributed by atoms with Crippen LogP contribution in [0.5, 0.6) is 0 Å². The predicted octanol–water partition coefficient (Wildman–Crippen LogP) is 3.52. The van der Waals surface area contributed by atoms with Gasteiger partial charge in [0.05, 0.1) is 6.04 Å². The Bertz CT molecular complexity index is 319. The topological polar surface area (TPSA) is 12.0 Å². The summed E-state index contributed by atoms with van der Waals surface area (Å²) in [5, 5.41) is 3.81. The van der Waals surface area contributed by atoms with Crippen LogP contribution in [0.1, 0.15) is 24.4 Å². The van der Waals surface area contributed by atoms with Crippen molar-refractivity contribution in [3.05, 3.63) is 34.9 Å². The van der Waals surface area contributed by atoms with E-state index in [-0.39, 0.29) is 18.4 Å². The monoisotopic (exact) mass is 249 g/mol. The van der Waals surface area contributed by atoms with Crippen molar-refractivity contribution < 1.29 is 4.39 Å². The lowest BCUT2D eigenvalue weighted by atomic mass is 9.96. The van der Waals surface area contributed by atoms with Crippen LogP contribution in [0.2, 0.25) is 5.02 Å². The highest BCUT2D eigenvalue weighted by molar-refractivity contribution is 6.31. The molecule has 4 heteroatoms. The van der Waals surface area contributed by atoms with Crippen molar-refractivity contribution in [3.63, 3.8) is 0 Å². The number of nitrogens with one attached hydrogen (secondary N) is 1. The summed E-state index contributed by atoms with van der Waals surface area (Å²) in [4.78, 5) is 0. The van der Waals surface area contributed by atoms with Gasteiger partial charge in [-0.2, -0.15) is 0 Å². The highest BCUT2D eigenvalue weighted by atomic mass is 35.5. The molecule has 0 spiro atoms. The summed E-state index contributed by atoms with van der Waals surface area (Å²) in [5.41, 5.74) is 0.876. The molecule has 1 fully saturated rings. The molecule has 1 N–H and O–H groups in total. The third kappa shape index (κ3) is 2.83. The molecular formula is C11H14Cl2FN. The fourth-order valence-corrected chi connectivity index (χ4v) is 2.13. The molecule has 2 rings (SSSR count). The fourth-order valence-electron chi connectivity index (χ4n) is 1.88. The minimum Gasteiger partial charge on any atom is -0.307 e. The molecule has 1 aliphatic heterocycles. The normalized spacial score (nSPS) is 25.7. The first-order chi connectivity index (χ1) is 6.79. The Labute approximate surface area is 100 Å². The summed E-state index contributed by atoms with van der Waals surface area (Å²) in [6.07, 6.45) is 0.717. The molecule has 0 radical (unpaired) electrons. The van der Waals surface area contributed by atoms with Crippen LogP contribution in [0.3, 0.4) is 0 Å². The van der Waals surface area contributed by atoms with E-state index in [1.807, 2.05) is 18.2 Å². The third-order valence-corrected chi connectivity index (χ3v) is 2.97. The first-order valence-electron chi connectivity index (χ1n) is 4.91. The predicted molar refractivity (Wildman–Crippen MR) is 63.6 cm³/mol. The number of halogens is 3.